The number of amides is 1. The average molecular weight is 488 g/mol. The monoisotopic (exact) mass is 487 g/mol. The van der Waals surface area contributed by atoms with Crippen LogP contribution in [0.25, 0.3) is 11.0 Å². The van der Waals surface area contributed by atoms with Crippen molar-refractivity contribution >= 4 is 46.3 Å². The van der Waals surface area contributed by atoms with Gasteiger partial charge in [-0.05, 0) is 25.6 Å². The Bertz CT molecular complexity index is 1200. The van der Waals surface area contributed by atoms with Gasteiger partial charge in [0.05, 0.1) is 34.9 Å². The molecule has 5 N–H and O–H groups in total. The summed E-state index contributed by atoms with van der Waals surface area (Å²) in [5.74, 6) is 0.579. The summed E-state index contributed by atoms with van der Waals surface area (Å²) in [5, 5.41) is 27.2. The summed E-state index contributed by atoms with van der Waals surface area (Å²) in [6.07, 6.45) is 3.51. The number of halogens is 1. The number of aromatic amines is 1. The molecule has 1 aliphatic rings. The fourth-order valence-electron chi connectivity index (χ4n) is 3.67. The average Bonchev–Trinajstić information content (AvgIpc) is 3.15. The number of nitrogens with zero attached hydrogens (tertiary/aromatic N) is 4. The van der Waals surface area contributed by atoms with Gasteiger partial charge in [0, 0.05) is 31.9 Å². The van der Waals surface area contributed by atoms with E-state index in [9.17, 15) is 15.0 Å². The number of likely N-dealkylation sites (N-methyl/N-ethyl adjacent to an activating group) is 1. The van der Waals surface area contributed by atoms with Crippen molar-refractivity contribution < 1.29 is 19.7 Å². The molecule has 0 fully saturated rings. The first-order chi connectivity index (χ1) is 16.5. The molecule has 1 atom stereocenters. The maximum atomic E-state index is 12.6. The Hall–Kier alpha value is -3.41. The minimum Gasteiger partial charge on any atom is -0.494 e. The Balaban J connectivity index is 1.68. The molecule has 0 aliphatic carbocycles. The predicted octanol–water partition coefficient (Wildman–Crippen LogP) is 1.67. The van der Waals surface area contributed by atoms with Gasteiger partial charge in [0.25, 0.3) is 0 Å². The zero-order valence-corrected chi connectivity index (χ0v) is 19.3. The van der Waals surface area contributed by atoms with Crippen molar-refractivity contribution in [2.75, 3.05) is 45.2 Å². The van der Waals surface area contributed by atoms with Crippen LogP contribution in [0.4, 0.5) is 11.5 Å². The van der Waals surface area contributed by atoms with Crippen molar-refractivity contribution in [3.8, 4) is 11.6 Å². The third kappa shape index (κ3) is 5.22. The highest BCUT2D eigenvalue weighted by Crippen LogP contribution is 2.32. The smallest absolute Gasteiger partial charge is 0.239 e. The number of aliphatic hydroxyl groups is 1. The molecule has 0 saturated heterocycles. The van der Waals surface area contributed by atoms with Crippen LogP contribution in [0, 0.1) is 0 Å². The molecule has 11 nitrogen and oxygen atoms in total. The number of hydrogen-bond acceptors (Lipinski definition) is 9. The second-order valence-corrected chi connectivity index (χ2v) is 8.21. The van der Waals surface area contributed by atoms with Gasteiger partial charge in [-0.1, -0.05) is 11.6 Å². The van der Waals surface area contributed by atoms with E-state index in [0.717, 1.165) is 0 Å². The molecule has 12 heteroatoms. The fourth-order valence-corrected chi connectivity index (χ4v) is 3.85. The molecule has 34 heavy (non-hydrogen) atoms. The van der Waals surface area contributed by atoms with Crippen molar-refractivity contribution in [3.05, 3.63) is 35.1 Å². The number of aliphatic hydroxyl groups excluding tert-OH is 1. The lowest BCUT2D eigenvalue weighted by Crippen LogP contribution is -2.48. The number of hydrogen-bond donors (Lipinski definition) is 5. The Morgan fingerprint density at radius 2 is 2.09 bits per heavy atom. The van der Waals surface area contributed by atoms with E-state index >= 15 is 0 Å². The zero-order chi connectivity index (χ0) is 24.1. The number of aromatic hydroxyl groups is 1. The number of aromatic nitrogens is 3. The van der Waals surface area contributed by atoms with Crippen LogP contribution in [0.3, 0.4) is 0 Å². The quantitative estimate of drug-likeness (QED) is 0.348. The van der Waals surface area contributed by atoms with Crippen LogP contribution in [0.15, 0.2) is 29.5 Å². The number of carbonyl (C=O) groups is 1. The van der Waals surface area contributed by atoms with Crippen LogP contribution in [0.2, 0.25) is 5.02 Å². The topological polar surface area (TPSA) is 148 Å². The van der Waals surface area contributed by atoms with E-state index in [1.807, 2.05) is 0 Å². The van der Waals surface area contributed by atoms with E-state index in [-0.39, 0.29) is 18.4 Å². The number of benzene rings is 1. The third-order valence-electron chi connectivity index (χ3n) is 5.50. The SMILES string of the molecule is CN1CCCOc2cc(ccc2Cl)N=Cc2c(O)[nH]c3ncnc(c23)NCCNC(=O)[C@H]1CO. The lowest BCUT2D eigenvalue weighted by molar-refractivity contribution is -0.127. The molecule has 1 aliphatic heterocycles. The Kier molecular flexibility index (Phi) is 7.46. The highest BCUT2D eigenvalue weighted by atomic mass is 35.5. The minimum absolute atomic E-state index is 0.0965. The van der Waals surface area contributed by atoms with E-state index in [2.05, 4.69) is 30.6 Å². The van der Waals surface area contributed by atoms with Crippen LogP contribution in [0.5, 0.6) is 11.6 Å². The van der Waals surface area contributed by atoms with Gasteiger partial charge in [-0.2, -0.15) is 0 Å². The summed E-state index contributed by atoms with van der Waals surface area (Å²) in [5.41, 5.74) is 1.44. The molecule has 2 bridgehead atoms. The van der Waals surface area contributed by atoms with Crippen molar-refractivity contribution in [1.82, 2.24) is 25.2 Å². The molecule has 0 unspecified atom stereocenters. The number of ether oxygens (including phenoxy) is 1. The number of carbonyl (C=O) groups excluding carboxylic acids is 1. The maximum absolute atomic E-state index is 12.6. The number of aliphatic imine (C=N–C) groups is 1. The summed E-state index contributed by atoms with van der Waals surface area (Å²) in [4.78, 5) is 30.1. The zero-order valence-electron chi connectivity index (χ0n) is 18.6. The molecule has 2 aromatic heterocycles. The lowest BCUT2D eigenvalue weighted by atomic mass is 10.2. The standard InChI is InChI=1S/C22H26ClN7O4/c1-30-7-2-8-34-17-9-13(3-4-15(17)23)26-10-14-18-19(27-12-28-20(18)29-21(14)32)24-5-6-25-22(33)16(30)11-31/h3-4,9-10,12,16,31-32H,2,5-8,11H2,1H3,(H,25,33)(H2,24,27,28,29)/t16-/m1/s1. The molecule has 0 spiro atoms. The van der Waals surface area contributed by atoms with E-state index in [1.165, 1.54) is 12.5 Å². The highest BCUT2D eigenvalue weighted by molar-refractivity contribution is 6.32. The molecule has 4 rings (SSSR count). The van der Waals surface area contributed by atoms with Crippen LogP contribution in [0.1, 0.15) is 12.0 Å². The van der Waals surface area contributed by atoms with Crippen molar-refractivity contribution in [1.29, 1.82) is 0 Å². The summed E-state index contributed by atoms with van der Waals surface area (Å²) < 4.78 is 5.83. The van der Waals surface area contributed by atoms with Gasteiger partial charge in [-0.25, -0.2) is 9.97 Å². The molecule has 1 amide bonds. The summed E-state index contributed by atoms with van der Waals surface area (Å²) in [7, 11) is 1.78. The number of nitrogens with one attached hydrogen (secondary N) is 3. The van der Waals surface area contributed by atoms with Crippen molar-refractivity contribution in [2.24, 2.45) is 4.99 Å². The molecule has 0 saturated carbocycles. The molecule has 0 radical (unpaired) electrons. The van der Waals surface area contributed by atoms with E-state index in [4.69, 9.17) is 16.3 Å². The second-order valence-electron chi connectivity index (χ2n) is 7.80. The predicted molar refractivity (Wildman–Crippen MR) is 129 cm³/mol. The number of fused-ring (bicyclic) bond motifs is 2. The maximum Gasteiger partial charge on any atom is 0.239 e. The Morgan fingerprint density at radius 1 is 1.26 bits per heavy atom. The van der Waals surface area contributed by atoms with Gasteiger partial charge < -0.3 is 30.6 Å². The largest absolute Gasteiger partial charge is 0.494 e. The molecule has 3 heterocycles. The second kappa shape index (κ2) is 10.7. The number of H-pyrrole nitrogens is 1. The molecule has 180 valence electrons. The van der Waals surface area contributed by atoms with E-state index in [0.29, 0.717) is 71.5 Å². The summed E-state index contributed by atoms with van der Waals surface area (Å²) >= 11 is 6.28. The Labute approximate surface area is 200 Å². The van der Waals surface area contributed by atoms with Gasteiger partial charge in [0.1, 0.15) is 29.6 Å². The van der Waals surface area contributed by atoms with Gasteiger partial charge in [0.2, 0.25) is 5.91 Å². The van der Waals surface area contributed by atoms with Crippen LogP contribution in [-0.2, 0) is 4.79 Å². The van der Waals surface area contributed by atoms with Crippen LogP contribution < -0.4 is 15.4 Å². The molecular formula is C22H26ClN7O4. The number of anilines is 1. The summed E-state index contributed by atoms with van der Waals surface area (Å²) in [6.45, 7) is 1.28. The van der Waals surface area contributed by atoms with E-state index < -0.39 is 6.04 Å². The minimum atomic E-state index is -0.679. The highest BCUT2D eigenvalue weighted by Gasteiger charge is 2.22. The lowest BCUT2D eigenvalue weighted by Gasteiger charge is -2.25. The fraction of sp³-hybridized carbons (Fsp3) is 0.364. The Morgan fingerprint density at radius 3 is 2.91 bits per heavy atom. The molecular weight excluding hydrogens is 462 g/mol. The van der Waals surface area contributed by atoms with Crippen molar-refractivity contribution in [2.45, 2.75) is 12.5 Å². The first-order valence-electron chi connectivity index (χ1n) is 10.8. The normalized spacial score (nSPS) is 18.3. The summed E-state index contributed by atoms with van der Waals surface area (Å²) in [6, 6.07) is 4.46. The van der Waals surface area contributed by atoms with E-state index in [1.54, 1.807) is 30.1 Å². The van der Waals surface area contributed by atoms with Gasteiger partial charge in [0.15, 0.2) is 5.88 Å². The number of rotatable bonds is 1. The molecule has 3 aromatic rings. The first kappa shape index (κ1) is 23.7. The van der Waals surface area contributed by atoms with Crippen molar-refractivity contribution in [3.63, 3.8) is 0 Å². The van der Waals surface area contributed by atoms with Gasteiger partial charge >= 0.3 is 0 Å². The van der Waals surface area contributed by atoms with Crippen LogP contribution >= 0.6 is 11.6 Å². The third-order valence-corrected chi connectivity index (χ3v) is 5.82. The van der Waals surface area contributed by atoms with Crippen LogP contribution in [-0.4, -0.2) is 88.1 Å². The van der Waals surface area contributed by atoms with Gasteiger partial charge in [-0.3, -0.25) is 14.7 Å². The first-order valence-corrected chi connectivity index (χ1v) is 11.2. The van der Waals surface area contributed by atoms with Gasteiger partial charge in [-0.15, -0.1) is 0 Å². The molecule has 1 aromatic carbocycles.